The minimum atomic E-state index is -1.45. The Labute approximate surface area is 185 Å². The van der Waals surface area contributed by atoms with Crippen LogP contribution in [0.25, 0.3) is 0 Å². The maximum atomic E-state index is 13.9. The van der Waals surface area contributed by atoms with Crippen molar-refractivity contribution in [2.45, 2.75) is 17.0 Å². The summed E-state index contributed by atoms with van der Waals surface area (Å²) in [6, 6.07) is 26.7. The van der Waals surface area contributed by atoms with E-state index < -0.39 is 17.0 Å². The summed E-state index contributed by atoms with van der Waals surface area (Å²) in [4.78, 5) is 34.6. The molecule has 0 saturated carbocycles. The molecule has 0 aromatic heterocycles. The van der Waals surface area contributed by atoms with Crippen LogP contribution in [0, 0.1) is 0 Å². The number of anilines is 1. The fraction of sp³-hybridized carbons (Fsp3) is 0.192. The summed E-state index contributed by atoms with van der Waals surface area (Å²) in [6.45, 7) is 0.479. The van der Waals surface area contributed by atoms with Crippen molar-refractivity contribution in [2.24, 2.45) is 4.99 Å². The quantitative estimate of drug-likeness (QED) is 0.642. The summed E-state index contributed by atoms with van der Waals surface area (Å²) in [6.07, 6.45) is 0. The molecule has 0 radical (unpaired) electrons. The SMILES string of the molecule is CN1C[C@@H](c2ccccc2)[C@@]2(N=C(c3ccccc3)OC2=O)[C@@]12C(=O)Nc1ccccc12. The van der Waals surface area contributed by atoms with Crippen LogP contribution < -0.4 is 5.32 Å². The maximum Gasteiger partial charge on any atom is 0.344 e. The van der Waals surface area contributed by atoms with E-state index in [1.807, 2.05) is 96.9 Å². The van der Waals surface area contributed by atoms with Gasteiger partial charge in [-0.15, -0.1) is 0 Å². The molecule has 6 nitrogen and oxygen atoms in total. The van der Waals surface area contributed by atoms with Crippen molar-refractivity contribution in [1.82, 2.24) is 4.90 Å². The molecule has 0 aliphatic carbocycles. The molecule has 3 aromatic carbocycles. The van der Waals surface area contributed by atoms with Gasteiger partial charge in [-0.2, -0.15) is 0 Å². The third-order valence-electron chi connectivity index (χ3n) is 6.98. The lowest BCUT2D eigenvalue weighted by atomic mass is 9.67. The molecule has 2 spiro atoms. The summed E-state index contributed by atoms with van der Waals surface area (Å²) in [5, 5.41) is 3.00. The minimum absolute atomic E-state index is 0.253. The number of fused-ring (bicyclic) bond motifs is 3. The second kappa shape index (κ2) is 6.61. The first-order chi connectivity index (χ1) is 15.6. The summed E-state index contributed by atoms with van der Waals surface area (Å²) >= 11 is 0. The van der Waals surface area contributed by atoms with Gasteiger partial charge in [0.15, 0.2) is 5.54 Å². The average Bonchev–Trinajstić information content (AvgIpc) is 3.42. The lowest BCUT2D eigenvalue weighted by Gasteiger charge is -2.39. The molecule has 3 atom stereocenters. The van der Waals surface area contributed by atoms with Crippen LogP contribution in [0.15, 0.2) is 89.9 Å². The first-order valence-corrected chi connectivity index (χ1v) is 10.6. The molecule has 158 valence electrons. The van der Waals surface area contributed by atoms with E-state index in [4.69, 9.17) is 9.73 Å². The van der Waals surface area contributed by atoms with Crippen LogP contribution in [-0.2, 0) is 19.9 Å². The Morgan fingerprint density at radius 3 is 2.34 bits per heavy atom. The van der Waals surface area contributed by atoms with Gasteiger partial charge in [0, 0.05) is 29.3 Å². The largest absolute Gasteiger partial charge is 0.405 e. The number of aliphatic imine (C=N–C) groups is 1. The van der Waals surface area contributed by atoms with E-state index in [9.17, 15) is 9.59 Å². The topological polar surface area (TPSA) is 71.0 Å². The van der Waals surface area contributed by atoms with E-state index in [-0.39, 0.29) is 17.7 Å². The molecule has 1 saturated heterocycles. The van der Waals surface area contributed by atoms with Crippen LogP contribution in [-0.4, -0.2) is 41.8 Å². The van der Waals surface area contributed by atoms with Gasteiger partial charge in [0.2, 0.25) is 11.4 Å². The number of hydrogen-bond donors (Lipinski definition) is 1. The number of para-hydroxylation sites is 1. The van der Waals surface area contributed by atoms with E-state index in [2.05, 4.69) is 5.32 Å². The number of likely N-dealkylation sites (tertiary alicyclic amines) is 1. The number of amides is 1. The summed E-state index contributed by atoms with van der Waals surface area (Å²) < 4.78 is 5.84. The molecular weight excluding hydrogens is 402 g/mol. The van der Waals surface area contributed by atoms with Crippen molar-refractivity contribution in [3.63, 3.8) is 0 Å². The highest BCUT2D eigenvalue weighted by atomic mass is 16.6. The minimum Gasteiger partial charge on any atom is -0.405 e. The fourth-order valence-electron chi connectivity index (χ4n) is 5.67. The van der Waals surface area contributed by atoms with Crippen LogP contribution in [0.4, 0.5) is 5.69 Å². The number of ether oxygens (including phenoxy) is 1. The van der Waals surface area contributed by atoms with Crippen molar-refractivity contribution in [1.29, 1.82) is 0 Å². The Morgan fingerprint density at radius 1 is 0.938 bits per heavy atom. The van der Waals surface area contributed by atoms with Gasteiger partial charge in [-0.25, -0.2) is 9.79 Å². The zero-order valence-electron chi connectivity index (χ0n) is 17.5. The molecule has 3 aliphatic rings. The number of esters is 1. The number of benzene rings is 3. The van der Waals surface area contributed by atoms with Crippen LogP contribution in [0.5, 0.6) is 0 Å². The van der Waals surface area contributed by atoms with Crippen molar-refractivity contribution in [3.05, 3.63) is 102 Å². The molecule has 1 N–H and O–H groups in total. The third-order valence-corrected chi connectivity index (χ3v) is 6.98. The highest BCUT2D eigenvalue weighted by molar-refractivity contribution is 6.16. The predicted octanol–water partition coefficient (Wildman–Crippen LogP) is 3.31. The van der Waals surface area contributed by atoms with Crippen molar-refractivity contribution < 1.29 is 14.3 Å². The van der Waals surface area contributed by atoms with E-state index >= 15 is 0 Å². The number of likely N-dealkylation sites (N-methyl/N-ethyl adjacent to an activating group) is 1. The first-order valence-electron chi connectivity index (χ1n) is 10.6. The lowest BCUT2D eigenvalue weighted by molar-refractivity contribution is -0.147. The molecule has 3 aromatic rings. The summed E-state index contributed by atoms with van der Waals surface area (Å²) in [5.74, 6) is -0.862. The van der Waals surface area contributed by atoms with Gasteiger partial charge in [-0.05, 0) is 30.8 Å². The highest BCUT2D eigenvalue weighted by Crippen LogP contribution is 2.60. The molecule has 3 aliphatic heterocycles. The van der Waals surface area contributed by atoms with Crippen molar-refractivity contribution in [2.75, 3.05) is 18.9 Å². The van der Waals surface area contributed by atoms with Crippen LogP contribution in [0.1, 0.15) is 22.6 Å². The number of carbonyl (C=O) groups is 2. The first kappa shape index (κ1) is 19.0. The van der Waals surface area contributed by atoms with Gasteiger partial charge >= 0.3 is 5.97 Å². The summed E-state index contributed by atoms with van der Waals surface area (Å²) in [5.41, 5.74) is 0.349. The van der Waals surface area contributed by atoms with Crippen molar-refractivity contribution >= 4 is 23.5 Å². The molecule has 0 bridgehead atoms. The molecule has 6 heteroatoms. The molecular formula is C26H21N3O3. The van der Waals surface area contributed by atoms with E-state index in [1.165, 1.54) is 0 Å². The zero-order valence-corrected chi connectivity index (χ0v) is 17.5. The van der Waals surface area contributed by atoms with Gasteiger partial charge in [0.25, 0.3) is 5.91 Å². The predicted molar refractivity (Wildman–Crippen MR) is 120 cm³/mol. The monoisotopic (exact) mass is 423 g/mol. The fourth-order valence-corrected chi connectivity index (χ4v) is 5.67. The summed E-state index contributed by atoms with van der Waals surface area (Å²) in [7, 11) is 1.88. The highest BCUT2D eigenvalue weighted by Gasteiger charge is 2.77. The smallest absolute Gasteiger partial charge is 0.344 e. The Hall–Kier alpha value is -3.77. The Balaban J connectivity index is 1.67. The van der Waals surface area contributed by atoms with Crippen molar-refractivity contribution in [3.8, 4) is 0 Å². The molecule has 32 heavy (non-hydrogen) atoms. The van der Waals surface area contributed by atoms with Crippen LogP contribution >= 0.6 is 0 Å². The Kier molecular flexibility index (Phi) is 3.92. The Bertz CT molecular complexity index is 1270. The molecule has 3 heterocycles. The van der Waals surface area contributed by atoms with Gasteiger partial charge in [0.05, 0.1) is 0 Å². The zero-order chi connectivity index (χ0) is 21.9. The number of cyclic esters (lactones) is 1. The molecule has 1 amide bonds. The number of nitrogens with one attached hydrogen (secondary N) is 1. The van der Waals surface area contributed by atoms with Gasteiger partial charge in [-0.1, -0.05) is 66.7 Å². The molecule has 6 rings (SSSR count). The van der Waals surface area contributed by atoms with Gasteiger partial charge in [0.1, 0.15) is 0 Å². The van der Waals surface area contributed by atoms with E-state index in [0.29, 0.717) is 17.8 Å². The second-order valence-electron chi connectivity index (χ2n) is 8.49. The van der Waals surface area contributed by atoms with Gasteiger partial charge in [-0.3, -0.25) is 9.69 Å². The third kappa shape index (κ3) is 2.19. The molecule has 0 unspecified atom stereocenters. The maximum absolute atomic E-state index is 13.9. The Morgan fingerprint density at radius 2 is 1.59 bits per heavy atom. The van der Waals surface area contributed by atoms with E-state index in [1.54, 1.807) is 0 Å². The number of nitrogens with zero attached hydrogens (tertiary/aromatic N) is 2. The molecule has 1 fully saturated rings. The van der Waals surface area contributed by atoms with Gasteiger partial charge < -0.3 is 10.1 Å². The average molecular weight is 423 g/mol. The standard InChI is InChI=1S/C26H21N3O3/c1-29-16-20(17-10-4-2-5-11-17)25(24(31)32-22(28-25)18-12-6-3-7-13-18)26(29)19-14-8-9-15-21(19)27-23(26)30/h2-15,20H,16H2,1H3,(H,27,30)/t20-,25-,26+/m0/s1. The lowest BCUT2D eigenvalue weighted by Crippen LogP contribution is -2.61. The normalized spacial score (nSPS) is 28.7. The number of carbonyl (C=O) groups excluding carboxylic acids is 2. The number of hydrogen-bond acceptors (Lipinski definition) is 5. The van der Waals surface area contributed by atoms with E-state index in [0.717, 1.165) is 11.1 Å². The number of rotatable bonds is 2. The van der Waals surface area contributed by atoms with Crippen LogP contribution in [0.2, 0.25) is 0 Å². The second-order valence-corrected chi connectivity index (χ2v) is 8.49. The van der Waals surface area contributed by atoms with Crippen LogP contribution in [0.3, 0.4) is 0 Å².